The highest BCUT2D eigenvalue weighted by Gasteiger charge is 2.25. The number of amides is 1. The fraction of sp³-hybridized carbons (Fsp3) is 0.700. The molecule has 80 valence electrons. The lowest BCUT2D eigenvalue weighted by atomic mass is 9.91. The van der Waals surface area contributed by atoms with Gasteiger partial charge in [-0.1, -0.05) is 13.8 Å². The van der Waals surface area contributed by atoms with Crippen LogP contribution in [0, 0.1) is 18.8 Å². The maximum Gasteiger partial charge on any atom is 0.304 e. The van der Waals surface area contributed by atoms with Crippen molar-refractivity contribution in [1.82, 2.24) is 5.32 Å². The van der Waals surface area contributed by atoms with E-state index in [4.69, 9.17) is 5.11 Å². The van der Waals surface area contributed by atoms with E-state index in [1.807, 2.05) is 13.8 Å². The number of carboxylic acid groups (broad SMARTS) is 1. The van der Waals surface area contributed by atoms with Crippen LogP contribution in [0.3, 0.4) is 0 Å². The molecule has 0 heterocycles. The van der Waals surface area contributed by atoms with E-state index in [2.05, 4.69) is 12.2 Å². The molecule has 0 spiro atoms. The van der Waals surface area contributed by atoms with Gasteiger partial charge in [0.2, 0.25) is 5.91 Å². The Labute approximate surface area is 84.7 Å². The Hall–Kier alpha value is -1.19. The molecule has 0 saturated heterocycles. The van der Waals surface area contributed by atoms with Gasteiger partial charge in [-0.3, -0.25) is 9.59 Å². The van der Waals surface area contributed by atoms with Gasteiger partial charge < -0.3 is 10.4 Å². The Balaban J connectivity index is 4.33. The molecule has 0 fully saturated rings. The molecule has 2 unspecified atom stereocenters. The second kappa shape index (κ2) is 5.52. The Kier molecular flexibility index (Phi) is 5.05. The second-order valence-corrected chi connectivity index (χ2v) is 3.86. The largest absolute Gasteiger partial charge is 0.481 e. The minimum atomic E-state index is -0.949. The number of carbonyl (C=O) groups excluding carboxylic acids is 1. The summed E-state index contributed by atoms with van der Waals surface area (Å²) in [5.74, 6) is -1.64. The molecule has 0 aromatic heterocycles. The predicted octanol–water partition coefficient (Wildman–Crippen LogP) is 1.07. The molecule has 0 aliphatic carbocycles. The van der Waals surface area contributed by atoms with Crippen LogP contribution < -0.4 is 5.32 Å². The third-order valence-corrected chi connectivity index (χ3v) is 1.92. The van der Waals surface area contributed by atoms with E-state index in [1.54, 1.807) is 6.92 Å². The van der Waals surface area contributed by atoms with E-state index >= 15 is 0 Å². The van der Waals surface area contributed by atoms with Crippen molar-refractivity contribution >= 4 is 11.9 Å². The van der Waals surface area contributed by atoms with Crippen molar-refractivity contribution in [3.8, 4) is 0 Å². The Bertz CT molecular complexity index is 211. The van der Waals surface area contributed by atoms with Gasteiger partial charge in [0.25, 0.3) is 0 Å². The van der Waals surface area contributed by atoms with Crippen LogP contribution in [-0.4, -0.2) is 23.0 Å². The van der Waals surface area contributed by atoms with Crippen molar-refractivity contribution in [1.29, 1.82) is 0 Å². The second-order valence-electron chi connectivity index (χ2n) is 3.86. The Morgan fingerprint density at radius 2 is 1.86 bits per heavy atom. The van der Waals surface area contributed by atoms with Gasteiger partial charge in [-0.15, -0.1) is 0 Å². The number of carbonyl (C=O) groups is 2. The monoisotopic (exact) mass is 200 g/mol. The Morgan fingerprint density at radius 1 is 1.36 bits per heavy atom. The fourth-order valence-electron chi connectivity index (χ4n) is 1.17. The number of nitrogens with one attached hydrogen (secondary N) is 1. The van der Waals surface area contributed by atoms with Crippen LogP contribution >= 0.6 is 0 Å². The molecule has 4 nitrogen and oxygen atoms in total. The molecule has 2 N–H and O–H groups in total. The van der Waals surface area contributed by atoms with Crippen LogP contribution in [0.25, 0.3) is 0 Å². The molecule has 14 heavy (non-hydrogen) atoms. The summed E-state index contributed by atoms with van der Waals surface area (Å²) in [5.41, 5.74) is 0. The van der Waals surface area contributed by atoms with Gasteiger partial charge in [0.15, 0.2) is 6.04 Å². The molecule has 0 aromatic rings. The van der Waals surface area contributed by atoms with Crippen molar-refractivity contribution in [3.05, 3.63) is 6.92 Å². The summed E-state index contributed by atoms with van der Waals surface area (Å²) >= 11 is 0. The summed E-state index contributed by atoms with van der Waals surface area (Å²) in [6, 6.07) is -0.197. The minimum Gasteiger partial charge on any atom is -0.481 e. The number of rotatable bonds is 5. The number of aliphatic carboxylic acids is 1. The number of hydrogen-bond acceptors (Lipinski definition) is 2. The zero-order valence-electron chi connectivity index (χ0n) is 8.91. The molecule has 2 atom stereocenters. The van der Waals surface area contributed by atoms with Crippen LogP contribution in [0.2, 0.25) is 0 Å². The lowest BCUT2D eigenvalue weighted by molar-refractivity contribution is -0.142. The van der Waals surface area contributed by atoms with E-state index < -0.39 is 11.9 Å². The lowest BCUT2D eigenvalue weighted by Crippen LogP contribution is -2.38. The molecule has 0 saturated carbocycles. The molecular weight excluding hydrogens is 182 g/mol. The molecule has 0 radical (unpaired) electrons. The fourth-order valence-corrected chi connectivity index (χ4v) is 1.17. The molecular formula is C10H18NO3+. The normalized spacial score (nSPS) is 14.9. The standard InChI is InChI=1S/C10H17NO3/c1-6(2)8(5-9(12)13)10(14)11-7(3)4/h6-8H,3,5H2,1-2,4H3,(H-,11,12,13,14)/p+1. The van der Waals surface area contributed by atoms with Crippen molar-refractivity contribution in [2.45, 2.75) is 33.2 Å². The smallest absolute Gasteiger partial charge is 0.304 e. The van der Waals surface area contributed by atoms with Gasteiger partial charge >= 0.3 is 5.97 Å². The average Bonchev–Trinajstić information content (AvgIpc) is 1.97. The van der Waals surface area contributed by atoms with Crippen molar-refractivity contribution in [2.24, 2.45) is 11.8 Å². The van der Waals surface area contributed by atoms with Gasteiger partial charge in [0, 0.05) is 0 Å². The van der Waals surface area contributed by atoms with Gasteiger partial charge in [-0.25, -0.2) is 0 Å². The minimum absolute atomic E-state index is 0.0184. The van der Waals surface area contributed by atoms with E-state index in [1.165, 1.54) is 0 Å². The maximum atomic E-state index is 11.5. The lowest BCUT2D eigenvalue weighted by Gasteiger charge is -2.18. The third kappa shape index (κ3) is 4.74. The van der Waals surface area contributed by atoms with Crippen molar-refractivity contribution in [3.63, 3.8) is 0 Å². The first-order valence-electron chi connectivity index (χ1n) is 4.69. The summed E-state index contributed by atoms with van der Waals surface area (Å²) in [5, 5.41) is 11.2. The van der Waals surface area contributed by atoms with Gasteiger partial charge in [0.05, 0.1) is 19.3 Å². The molecule has 0 aliphatic heterocycles. The summed E-state index contributed by atoms with van der Waals surface area (Å²) in [7, 11) is 0. The van der Waals surface area contributed by atoms with Crippen LogP contribution in [0.1, 0.15) is 27.2 Å². The quantitative estimate of drug-likeness (QED) is 0.652. The molecule has 0 aliphatic rings. The first-order chi connectivity index (χ1) is 6.34. The van der Waals surface area contributed by atoms with E-state index in [0.29, 0.717) is 0 Å². The summed E-state index contributed by atoms with van der Waals surface area (Å²) in [6.07, 6.45) is -0.129. The van der Waals surface area contributed by atoms with Gasteiger partial charge in [-0.05, 0) is 12.8 Å². The molecule has 0 bridgehead atoms. The third-order valence-electron chi connectivity index (χ3n) is 1.92. The summed E-state index contributed by atoms with van der Waals surface area (Å²) in [6.45, 7) is 9.03. The maximum absolute atomic E-state index is 11.5. The van der Waals surface area contributed by atoms with Crippen molar-refractivity contribution < 1.29 is 14.7 Å². The summed E-state index contributed by atoms with van der Waals surface area (Å²) < 4.78 is 0. The topological polar surface area (TPSA) is 66.4 Å². The van der Waals surface area contributed by atoms with Crippen molar-refractivity contribution in [2.75, 3.05) is 0 Å². The molecule has 4 heteroatoms. The first kappa shape index (κ1) is 12.8. The van der Waals surface area contributed by atoms with Crippen LogP contribution in [0.15, 0.2) is 0 Å². The Morgan fingerprint density at radius 3 is 2.14 bits per heavy atom. The zero-order chi connectivity index (χ0) is 11.3. The van der Waals surface area contributed by atoms with E-state index in [0.717, 1.165) is 0 Å². The van der Waals surface area contributed by atoms with Gasteiger partial charge in [0.1, 0.15) is 0 Å². The first-order valence-corrected chi connectivity index (χ1v) is 4.69. The average molecular weight is 200 g/mol. The highest BCUT2D eigenvalue weighted by molar-refractivity contribution is 5.83. The zero-order valence-corrected chi connectivity index (χ0v) is 8.91. The highest BCUT2D eigenvalue weighted by atomic mass is 16.4. The van der Waals surface area contributed by atoms with E-state index in [9.17, 15) is 9.59 Å². The summed E-state index contributed by atoms with van der Waals surface area (Å²) in [4.78, 5) is 22.0. The molecule has 0 rings (SSSR count). The van der Waals surface area contributed by atoms with Gasteiger partial charge in [-0.2, -0.15) is 0 Å². The molecule has 1 amide bonds. The highest BCUT2D eigenvalue weighted by Crippen LogP contribution is 2.15. The SMILES string of the molecule is [CH2+]C(C)NC(=O)C(CC(=O)O)C(C)C. The van der Waals surface area contributed by atoms with E-state index in [-0.39, 0.29) is 24.3 Å². The number of carboxylic acids is 1. The van der Waals surface area contributed by atoms with Crippen LogP contribution in [-0.2, 0) is 9.59 Å². The number of hydrogen-bond donors (Lipinski definition) is 2. The van der Waals surface area contributed by atoms with Crippen LogP contribution in [0.5, 0.6) is 0 Å². The molecule has 0 aromatic carbocycles. The van der Waals surface area contributed by atoms with Crippen LogP contribution in [0.4, 0.5) is 0 Å². The predicted molar refractivity (Wildman–Crippen MR) is 53.5 cm³/mol.